The van der Waals surface area contributed by atoms with Gasteiger partial charge in [-0.25, -0.2) is 0 Å². The van der Waals surface area contributed by atoms with E-state index in [0.29, 0.717) is 5.92 Å². The molecule has 0 saturated carbocycles. The predicted molar refractivity (Wildman–Crippen MR) is 187 cm³/mol. The molecule has 0 aliphatic carbocycles. The Hall–Kier alpha value is -2.22. The summed E-state index contributed by atoms with van der Waals surface area (Å²) in [5.74, 6) is 0.584. The Labute approximate surface area is 274 Å². The molecule has 0 aromatic heterocycles. The van der Waals surface area contributed by atoms with Crippen LogP contribution in [0, 0.1) is 20.8 Å². The van der Waals surface area contributed by atoms with E-state index in [1.165, 1.54) is 66.1 Å². The van der Waals surface area contributed by atoms with Crippen LogP contribution in [0.3, 0.4) is 0 Å². The molecular weight excluding hydrogens is 647 g/mol. The van der Waals surface area contributed by atoms with Crippen molar-refractivity contribution in [1.29, 1.82) is 0 Å². The molecule has 6 aromatic carbocycles. The van der Waals surface area contributed by atoms with Crippen molar-refractivity contribution in [2.24, 2.45) is 0 Å². The molecular formula is C38H40Cl2SiZr. The molecule has 0 atom stereocenters. The van der Waals surface area contributed by atoms with Gasteiger partial charge in [0.1, 0.15) is 0 Å². The van der Waals surface area contributed by atoms with Crippen LogP contribution in [0.2, 0.25) is 13.1 Å². The topological polar surface area (TPSA) is 0 Å². The summed E-state index contributed by atoms with van der Waals surface area (Å²) in [4.78, 5) is 0. The molecule has 6 aromatic rings. The third-order valence-electron chi connectivity index (χ3n) is 7.10. The average molecular weight is 687 g/mol. The van der Waals surface area contributed by atoms with E-state index in [2.05, 4.69) is 157 Å². The van der Waals surface area contributed by atoms with Crippen LogP contribution in [-0.4, -0.2) is 9.52 Å². The van der Waals surface area contributed by atoms with Crippen LogP contribution < -0.4 is 0 Å². The van der Waals surface area contributed by atoms with Crippen LogP contribution in [0.5, 0.6) is 0 Å². The number of halogens is 2. The summed E-state index contributed by atoms with van der Waals surface area (Å²) in [6.07, 6.45) is 0. The average Bonchev–Trinajstić information content (AvgIpc) is 3.59. The van der Waals surface area contributed by atoms with Gasteiger partial charge in [-0.3, -0.25) is 0 Å². The van der Waals surface area contributed by atoms with Crippen molar-refractivity contribution in [3.05, 3.63) is 131 Å². The van der Waals surface area contributed by atoms with Gasteiger partial charge in [0.05, 0.1) is 0 Å². The van der Waals surface area contributed by atoms with Gasteiger partial charge in [-0.05, 0) is 24.0 Å². The van der Waals surface area contributed by atoms with Gasteiger partial charge in [0.2, 0.25) is 0 Å². The van der Waals surface area contributed by atoms with E-state index in [9.17, 15) is 0 Å². The Morgan fingerprint density at radius 1 is 0.667 bits per heavy atom. The fourth-order valence-corrected chi connectivity index (χ4v) is 5.11. The fraction of sp³-hybridized carbons (Fsp3) is 0.211. The number of fused-ring (bicyclic) bond motifs is 2. The first-order chi connectivity index (χ1) is 20.2. The molecule has 6 rings (SSSR count). The molecule has 0 aliphatic heterocycles. The van der Waals surface area contributed by atoms with Gasteiger partial charge in [-0.1, -0.05) is 124 Å². The Balaban J connectivity index is 0.000000195. The molecule has 0 N–H and O–H groups in total. The molecule has 42 heavy (non-hydrogen) atoms. The maximum atomic E-state index is 4.93. The molecule has 0 spiro atoms. The number of hydrogen-bond acceptors (Lipinski definition) is 0. The Morgan fingerprint density at radius 2 is 1.29 bits per heavy atom. The summed E-state index contributed by atoms with van der Waals surface area (Å²) in [5.41, 5.74) is 10.7. The molecule has 0 amide bonds. The van der Waals surface area contributed by atoms with Crippen LogP contribution in [0.4, 0.5) is 0 Å². The van der Waals surface area contributed by atoms with Gasteiger partial charge in [0.15, 0.2) is 0 Å². The second kappa shape index (κ2) is 17.2. The molecule has 0 nitrogen and oxygen atoms in total. The molecule has 0 fully saturated rings. The quantitative estimate of drug-likeness (QED) is 0.128. The summed E-state index contributed by atoms with van der Waals surface area (Å²) >= 11 is -0.826. The monoisotopic (exact) mass is 684 g/mol. The van der Waals surface area contributed by atoms with E-state index in [0.717, 1.165) is 9.52 Å². The van der Waals surface area contributed by atoms with Crippen molar-refractivity contribution in [3.8, 4) is 22.3 Å². The third kappa shape index (κ3) is 9.14. The van der Waals surface area contributed by atoms with Gasteiger partial charge < -0.3 is 0 Å². The van der Waals surface area contributed by atoms with Crippen molar-refractivity contribution >= 4 is 48.1 Å². The van der Waals surface area contributed by atoms with E-state index in [1.54, 1.807) is 0 Å². The summed E-state index contributed by atoms with van der Waals surface area (Å²) in [7, 11) is 11.0. The van der Waals surface area contributed by atoms with Crippen LogP contribution in [0.25, 0.3) is 43.8 Å². The van der Waals surface area contributed by atoms with E-state index in [4.69, 9.17) is 17.0 Å². The van der Waals surface area contributed by atoms with E-state index in [-0.39, 0.29) is 0 Å². The predicted octanol–water partition coefficient (Wildman–Crippen LogP) is 12.7. The zero-order valence-electron chi connectivity index (χ0n) is 25.7. The van der Waals surface area contributed by atoms with Crippen molar-refractivity contribution in [1.82, 2.24) is 0 Å². The van der Waals surface area contributed by atoms with Gasteiger partial charge in [-0.2, -0.15) is 12.1 Å². The van der Waals surface area contributed by atoms with Gasteiger partial charge in [0, 0.05) is 9.52 Å². The van der Waals surface area contributed by atoms with Crippen molar-refractivity contribution in [2.45, 2.75) is 53.6 Å². The van der Waals surface area contributed by atoms with Gasteiger partial charge in [0.25, 0.3) is 0 Å². The summed E-state index contributed by atoms with van der Waals surface area (Å²) in [6, 6.07) is 39.6. The molecule has 4 heteroatoms. The third-order valence-corrected chi connectivity index (χ3v) is 7.10. The molecule has 2 radical (unpaired) electrons. The molecule has 214 valence electrons. The number of aryl methyl sites for hydroxylation is 3. The zero-order valence-corrected chi connectivity index (χ0v) is 30.7. The minimum atomic E-state index is -0.826. The van der Waals surface area contributed by atoms with Crippen molar-refractivity contribution < 1.29 is 20.8 Å². The van der Waals surface area contributed by atoms with Crippen LogP contribution in [0.1, 0.15) is 42.0 Å². The summed E-state index contributed by atoms with van der Waals surface area (Å²) < 4.78 is 0. The standard InChI is InChI=1S/2C18H17.C2H6Si.2ClH.Zr/c1-12-5-4-6-15(9-12)16-8-7-14(3)17-10-13(2)11-18(16)17;1-13(2)16-11-15-9-6-10-17(18(15)12-16)14-7-4-3-5-8-14;1-3-2;;;/h4-11H,1-3H3;3-13H,1-2H3;1-2H3;2*1H;/q2*-1;;;;+4/p-2. The van der Waals surface area contributed by atoms with Gasteiger partial charge in [-0.15, -0.1) is 68.6 Å². The SMILES string of the molecule is CC(C)c1cc2c(-c3ccccc3)cccc2[cH-]1.C[Si]C.Cc1cccc(-c2ccc(C)c3[cH-]c(C)cc23)c1.[Cl][Zr+2][Cl]. The number of rotatable bonds is 3. The van der Waals surface area contributed by atoms with Crippen LogP contribution >= 0.6 is 17.0 Å². The number of hydrogen-bond donors (Lipinski definition) is 0. The summed E-state index contributed by atoms with van der Waals surface area (Å²) in [5, 5.41) is 5.47. The molecule has 0 heterocycles. The number of benzene rings is 4. The zero-order chi connectivity index (χ0) is 30.6. The molecule has 0 unspecified atom stereocenters. The van der Waals surface area contributed by atoms with Crippen LogP contribution in [-0.2, 0) is 20.8 Å². The normalized spacial score (nSPS) is 10.2. The molecule has 0 aliphatic rings. The van der Waals surface area contributed by atoms with Crippen molar-refractivity contribution in [2.75, 3.05) is 0 Å². The Bertz CT molecular complexity index is 1680. The first kappa shape index (κ1) is 34.3. The van der Waals surface area contributed by atoms with Crippen LogP contribution in [0.15, 0.2) is 109 Å². The molecule has 0 saturated heterocycles. The van der Waals surface area contributed by atoms with Gasteiger partial charge >= 0.3 is 37.9 Å². The second-order valence-electron chi connectivity index (χ2n) is 10.8. The van der Waals surface area contributed by atoms with E-state index in [1.807, 2.05) is 0 Å². The second-order valence-corrected chi connectivity index (χ2v) is 15.6. The van der Waals surface area contributed by atoms with E-state index < -0.39 is 20.8 Å². The Kier molecular flexibility index (Phi) is 14.0. The minimum absolute atomic E-state index is 0.584. The first-order valence-corrected chi connectivity index (χ1v) is 22.6. The maximum absolute atomic E-state index is 4.93. The Morgan fingerprint density at radius 3 is 1.93 bits per heavy atom. The summed E-state index contributed by atoms with van der Waals surface area (Å²) in [6.45, 7) is 15.3. The molecule has 0 bridgehead atoms. The fourth-order valence-electron chi connectivity index (χ4n) is 5.11. The first-order valence-electron chi connectivity index (χ1n) is 14.3. The van der Waals surface area contributed by atoms with E-state index >= 15 is 0 Å². The van der Waals surface area contributed by atoms with Crippen molar-refractivity contribution in [3.63, 3.8) is 0 Å².